The van der Waals surface area contributed by atoms with Crippen molar-refractivity contribution in [3.63, 3.8) is 0 Å². The van der Waals surface area contributed by atoms with E-state index in [4.69, 9.17) is 9.84 Å². The molecule has 3 aromatic rings. The fraction of sp³-hybridized carbons (Fsp3) is 0.208. The highest BCUT2D eigenvalue weighted by Gasteiger charge is 2.32. The van der Waals surface area contributed by atoms with Gasteiger partial charge in [-0.3, -0.25) is 9.78 Å². The molecule has 0 saturated heterocycles. The number of fused-ring (bicyclic) bond motifs is 1. The summed E-state index contributed by atoms with van der Waals surface area (Å²) in [7, 11) is 0. The molecule has 0 radical (unpaired) electrons. The van der Waals surface area contributed by atoms with Gasteiger partial charge in [0.1, 0.15) is 12.3 Å². The molecule has 1 aliphatic rings. The third-order valence-electron chi connectivity index (χ3n) is 5.61. The Morgan fingerprint density at radius 1 is 1.22 bits per heavy atom. The van der Waals surface area contributed by atoms with E-state index in [0.717, 1.165) is 16.7 Å². The molecule has 1 aliphatic heterocycles. The van der Waals surface area contributed by atoms with Gasteiger partial charge in [-0.05, 0) is 47.7 Å². The van der Waals surface area contributed by atoms with Crippen LogP contribution < -0.4 is 5.32 Å². The predicted molar refractivity (Wildman–Crippen MR) is 115 cm³/mol. The SMILES string of the molecule is CC(c1ccc(C(=O)O)cc1)C1Cc2cc(C(=O)OCc3cccnc3)ncc2NC1=O. The van der Waals surface area contributed by atoms with Crippen molar-refractivity contribution in [3.8, 4) is 0 Å². The fourth-order valence-electron chi connectivity index (χ4n) is 3.72. The van der Waals surface area contributed by atoms with Gasteiger partial charge in [0.05, 0.1) is 17.4 Å². The van der Waals surface area contributed by atoms with Crippen molar-refractivity contribution in [1.82, 2.24) is 9.97 Å². The molecule has 2 aromatic heterocycles. The van der Waals surface area contributed by atoms with Gasteiger partial charge in [0.2, 0.25) is 5.91 Å². The van der Waals surface area contributed by atoms with E-state index in [-0.39, 0.29) is 35.6 Å². The van der Waals surface area contributed by atoms with Crippen molar-refractivity contribution in [2.24, 2.45) is 5.92 Å². The van der Waals surface area contributed by atoms with Crippen LogP contribution in [0.25, 0.3) is 0 Å². The number of carboxylic acids is 1. The topological polar surface area (TPSA) is 118 Å². The number of esters is 1. The number of anilines is 1. The molecule has 1 amide bonds. The highest BCUT2D eigenvalue weighted by molar-refractivity contribution is 5.97. The number of hydrogen-bond donors (Lipinski definition) is 2. The first-order valence-corrected chi connectivity index (χ1v) is 10.1. The molecule has 0 saturated carbocycles. The summed E-state index contributed by atoms with van der Waals surface area (Å²) in [6.07, 6.45) is 5.16. The van der Waals surface area contributed by atoms with Crippen molar-refractivity contribution in [2.75, 3.05) is 5.32 Å². The van der Waals surface area contributed by atoms with Gasteiger partial charge in [-0.2, -0.15) is 0 Å². The highest BCUT2D eigenvalue weighted by atomic mass is 16.5. The molecule has 2 unspecified atom stereocenters. The maximum absolute atomic E-state index is 12.7. The smallest absolute Gasteiger partial charge is 0.357 e. The number of nitrogens with one attached hydrogen (secondary N) is 1. The maximum atomic E-state index is 12.7. The lowest BCUT2D eigenvalue weighted by atomic mass is 9.80. The first-order chi connectivity index (χ1) is 15.4. The molecule has 8 nitrogen and oxygen atoms in total. The summed E-state index contributed by atoms with van der Waals surface area (Å²) in [6, 6.07) is 11.7. The molecule has 162 valence electrons. The normalized spacial score (nSPS) is 15.9. The summed E-state index contributed by atoms with van der Waals surface area (Å²) in [5.74, 6) is -2.22. The third kappa shape index (κ3) is 4.49. The summed E-state index contributed by atoms with van der Waals surface area (Å²) in [5.41, 5.74) is 3.37. The van der Waals surface area contributed by atoms with Crippen LogP contribution in [0, 0.1) is 5.92 Å². The minimum Gasteiger partial charge on any atom is -0.478 e. The van der Waals surface area contributed by atoms with E-state index in [0.29, 0.717) is 12.1 Å². The monoisotopic (exact) mass is 431 g/mol. The van der Waals surface area contributed by atoms with Gasteiger partial charge in [-0.1, -0.05) is 25.1 Å². The number of nitrogens with zero attached hydrogens (tertiary/aromatic N) is 2. The number of carbonyl (C=O) groups is 3. The van der Waals surface area contributed by atoms with E-state index in [1.165, 1.54) is 18.3 Å². The number of carbonyl (C=O) groups excluding carboxylic acids is 2. The van der Waals surface area contributed by atoms with Gasteiger partial charge in [0.25, 0.3) is 0 Å². The first kappa shape index (κ1) is 21.2. The quantitative estimate of drug-likeness (QED) is 0.574. The molecule has 0 fully saturated rings. The summed E-state index contributed by atoms with van der Waals surface area (Å²) in [4.78, 5) is 44.3. The van der Waals surface area contributed by atoms with E-state index in [2.05, 4.69) is 15.3 Å². The van der Waals surface area contributed by atoms with E-state index < -0.39 is 11.9 Å². The number of aromatic carboxylic acids is 1. The average molecular weight is 431 g/mol. The Balaban J connectivity index is 1.49. The van der Waals surface area contributed by atoms with Gasteiger partial charge < -0.3 is 15.2 Å². The van der Waals surface area contributed by atoms with Crippen LogP contribution in [0.5, 0.6) is 0 Å². The molecule has 0 spiro atoms. The van der Waals surface area contributed by atoms with Gasteiger partial charge in [-0.15, -0.1) is 0 Å². The van der Waals surface area contributed by atoms with Crippen LogP contribution in [0.3, 0.4) is 0 Å². The minimum absolute atomic E-state index is 0.0914. The number of ether oxygens (including phenoxy) is 1. The van der Waals surface area contributed by atoms with E-state index in [1.54, 1.807) is 36.7 Å². The zero-order chi connectivity index (χ0) is 22.7. The lowest BCUT2D eigenvalue weighted by Gasteiger charge is -2.29. The summed E-state index contributed by atoms with van der Waals surface area (Å²) in [5, 5.41) is 11.9. The molecule has 4 rings (SSSR count). The molecular weight excluding hydrogens is 410 g/mol. The lowest BCUT2D eigenvalue weighted by molar-refractivity contribution is -0.120. The third-order valence-corrected chi connectivity index (χ3v) is 5.61. The Bertz CT molecular complexity index is 1160. The zero-order valence-corrected chi connectivity index (χ0v) is 17.3. The second-order valence-electron chi connectivity index (χ2n) is 7.68. The molecule has 0 aliphatic carbocycles. The largest absolute Gasteiger partial charge is 0.478 e. The van der Waals surface area contributed by atoms with Crippen molar-refractivity contribution >= 4 is 23.5 Å². The van der Waals surface area contributed by atoms with Crippen LogP contribution in [-0.2, 0) is 22.6 Å². The van der Waals surface area contributed by atoms with Crippen LogP contribution in [0.4, 0.5) is 5.69 Å². The number of aromatic nitrogens is 2. The number of amides is 1. The second-order valence-corrected chi connectivity index (χ2v) is 7.68. The lowest BCUT2D eigenvalue weighted by Crippen LogP contribution is -2.33. The molecule has 0 bridgehead atoms. The fourth-order valence-corrected chi connectivity index (χ4v) is 3.72. The van der Waals surface area contributed by atoms with Crippen LogP contribution in [0.1, 0.15) is 50.4 Å². The predicted octanol–water partition coefficient (Wildman–Crippen LogP) is 3.45. The molecule has 32 heavy (non-hydrogen) atoms. The Kier molecular flexibility index (Phi) is 5.93. The van der Waals surface area contributed by atoms with Gasteiger partial charge in [0.15, 0.2) is 0 Å². The van der Waals surface area contributed by atoms with Crippen molar-refractivity contribution in [2.45, 2.75) is 25.9 Å². The molecule has 3 heterocycles. The Morgan fingerprint density at radius 2 is 2.00 bits per heavy atom. The first-order valence-electron chi connectivity index (χ1n) is 10.1. The van der Waals surface area contributed by atoms with Crippen molar-refractivity contribution in [3.05, 3.63) is 89.0 Å². The van der Waals surface area contributed by atoms with Gasteiger partial charge >= 0.3 is 11.9 Å². The second kappa shape index (κ2) is 8.97. The number of rotatable bonds is 6. The Labute approximate surface area is 184 Å². The summed E-state index contributed by atoms with van der Waals surface area (Å²) in [6.45, 7) is 2.02. The van der Waals surface area contributed by atoms with Crippen LogP contribution in [0.15, 0.2) is 61.1 Å². The summed E-state index contributed by atoms with van der Waals surface area (Å²) >= 11 is 0. The number of pyridine rings is 2. The Morgan fingerprint density at radius 3 is 2.69 bits per heavy atom. The number of benzene rings is 1. The zero-order valence-electron chi connectivity index (χ0n) is 17.3. The standard InChI is InChI=1S/C24H21N3O5/c1-14(16-4-6-17(7-5-16)23(29)30)19-9-18-10-20(26-12-21(18)27-22(19)28)24(31)32-13-15-3-2-8-25-11-15/h2-8,10-12,14,19H,9,13H2,1H3,(H,27,28)(H,29,30). The van der Waals surface area contributed by atoms with Gasteiger partial charge in [-0.25, -0.2) is 14.6 Å². The minimum atomic E-state index is -0.996. The summed E-state index contributed by atoms with van der Waals surface area (Å²) < 4.78 is 5.32. The van der Waals surface area contributed by atoms with E-state index >= 15 is 0 Å². The van der Waals surface area contributed by atoms with Gasteiger partial charge in [0, 0.05) is 23.9 Å². The molecular formula is C24H21N3O5. The highest BCUT2D eigenvalue weighted by Crippen LogP contribution is 2.34. The van der Waals surface area contributed by atoms with Crippen LogP contribution in [-0.4, -0.2) is 32.9 Å². The molecule has 2 atom stereocenters. The number of carboxylic acid groups (broad SMARTS) is 1. The van der Waals surface area contributed by atoms with Crippen LogP contribution in [0.2, 0.25) is 0 Å². The van der Waals surface area contributed by atoms with E-state index in [1.807, 2.05) is 13.0 Å². The average Bonchev–Trinajstić information content (AvgIpc) is 2.82. The number of hydrogen-bond acceptors (Lipinski definition) is 6. The Hall–Kier alpha value is -4.07. The van der Waals surface area contributed by atoms with Crippen LogP contribution >= 0.6 is 0 Å². The molecule has 8 heteroatoms. The molecule has 2 N–H and O–H groups in total. The van der Waals surface area contributed by atoms with E-state index in [9.17, 15) is 14.4 Å². The van der Waals surface area contributed by atoms with Crippen molar-refractivity contribution in [1.29, 1.82) is 0 Å². The maximum Gasteiger partial charge on any atom is 0.357 e. The van der Waals surface area contributed by atoms with Crippen molar-refractivity contribution < 1.29 is 24.2 Å². The molecule has 1 aromatic carbocycles.